The maximum Gasteiger partial charge on any atom is 0.417 e. The molecule has 0 saturated carbocycles. The molecule has 11 heteroatoms. The minimum Gasteiger partial charge on any atom is -0.289 e. The number of halogens is 3. The molecule has 0 amide bonds. The van der Waals surface area contributed by atoms with Crippen LogP contribution in [0.15, 0.2) is 59.4 Å². The Morgan fingerprint density at radius 1 is 1.12 bits per heavy atom. The minimum absolute atomic E-state index is 0.0649. The van der Waals surface area contributed by atoms with Gasteiger partial charge in [0.25, 0.3) is 0 Å². The molecule has 1 atom stereocenters. The third-order valence-electron chi connectivity index (χ3n) is 3.43. The number of alkyl halides is 3. The molecule has 6 nitrogen and oxygen atoms in total. The van der Waals surface area contributed by atoms with E-state index >= 15 is 0 Å². The fourth-order valence-corrected chi connectivity index (χ4v) is 2.79. The fraction of sp³-hybridized carbons (Fsp3) is 0.267. The first-order chi connectivity index (χ1) is 11.8. The van der Waals surface area contributed by atoms with Crippen molar-refractivity contribution in [3.63, 3.8) is 0 Å². The Kier molecular flexibility index (Phi) is 6.42. The Labute approximate surface area is 149 Å². The quantitative estimate of drug-likeness (QED) is 0.827. The average molecular weight is 410 g/mol. The third-order valence-corrected chi connectivity index (χ3v) is 5.45. The summed E-state index contributed by atoms with van der Waals surface area (Å²) in [7, 11) is -6.88. The first-order valence-corrected chi connectivity index (χ1v) is 10.4. The summed E-state index contributed by atoms with van der Waals surface area (Å²) in [5, 5.41) is 4.56. The van der Waals surface area contributed by atoms with E-state index in [0.717, 1.165) is 17.1 Å². The largest absolute Gasteiger partial charge is 0.417 e. The number of rotatable bonds is 3. The van der Waals surface area contributed by atoms with Crippen molar-refractivity contribution in [1.29, 1.82) is 0 Å². The summed E-state index contributed by atoms with van der Waals surface area (Å²) in [6.45, 7) is 6.09. The zero-order valence-corrected chi connectivity index (χ0v) is 15.3. The summed E-state index contributed by atoms with van der Waals surface area (Å²) < 4.78 is 82.9. The van der Waals surface area contributed by atoms with Crippen molar-refractivity contribution in [3.8, 4) is 0 Å². The zero-order valence-electron chi connectivity index (χ0n) is 13.7. The highest BCUT2D eigenvalue weighted by atomic mass is 32.2. The summed E-state index contributed by atoms with van der Waals surface area (Å²) >= 11 is 0. The van der Waals surface area contributed by atoms with Gasteiger partial charge in [-0.25, -0.2) is 16.8 Å². The van der Waals surface area contributed by atoms with E-state index in [1.165, 1.54) is 24.3 Å². The SMILES string of the molecule is C=CS(=O)(=O)C=C.CS(=O)(=O)C1=NNC(c2ccccc2)(C(F)(F)F)C1. The fourth-order valence-electron chi connectivity index (χ4n) is 1.96. The van der Waals surface area contributed by atoms with Gasteiger partial charge in [-0.15, -0.1) is 0 Å². The molecule has 1 aromatic carbocycles. The highest BCUT2D eigenvalue weighted by molar-refractivity contribution is 8.05. The molecule has 0 aromatic heterocycles. The highest BCUT2D eigenvalue weighted by Crippen LogP contribution is 2.44. The van der Waals surface area contributed by atoms with Crippen LogP contribution in [0.3, 0.4) is 0 Å². The molecule has 0 fully saturated rings. The predicted molar refractivity (Wildman–Crippen MR) is 93.5 cm³/mol. The van der Waals surface area contributed by atoms with E-state index in [9.17, 15) is 30.0 Å². The van der Waals surface area contributed by atoms with E-state index in [0.29, 0.717) is 0 Å². The van der Waals surface area contributed by atoms with Crippen LogP contribution in [0.4, 0.5) is 13.2 Å². The van der Waals surface area contributed by atoms with Gasteiger partial charge in [0.05, 0.1) is 0 Å². The second kappa shape index (κ2) is 7.62. The van der Waals surface area contributed by atoms with Crippen LogP contribution in [0.25, 0.3) is 0 Å². The molecule has 0 bridgehead atoms. The van der Waals surface area contributed by atoms with Crippen LogP contribution in [0.2, 0.25) is 0 Å². The Bertz CT molecular complexity index is 894. The summed E-state index contributed by atoms with van der Waals surface area (Å²) in [6, 6.07) is 7.09. The topological polar surface area (TPSA) is 92.7 Å². The van der Waals surface area contributed by atoms with Crippen LogP contribution in [-0.4, -0.2) is 34.3 Å². The molecule has 1 aliphatic rings. The maximum absolute atomic E-state index is 13.3. The average Bonchev–Trinajstić information content (AvgIpc) is 3.03. The van der Waals surface area contributed by atoms with Gasteiger partial charge in [0, 0.05) is 23.5 Å². The van der Waals surface area contributed by atoms with Crippen molar-refractivity contribution in [2.24, 2.45) is 5.10 Å². The van der Waals surface area contributed by atoms with Crippen molar-refractivity contribution >= 4 is 24.7 Å². The van der Waals surface area contributed by atoms with Crippen LogP contribution in [0.1, 0.15) is 12.0 Å². The van der Waals surface area contributed by atoms with Gasteiger partial charge in [-0.1, -0.05) is 43.5 Å². The van der Waals surface area contributed by atoms with Crippen molar-refractivity contribution in [2.75, 3.05) is 6.26 Å². The Balaban J connectivity index is 0.000000412. The number of hydrogen-bond donors (Lipinski definition) is 1. The van der Waals surface area contributed by atoms with E-state index in [-0.39, 0.29) is 5.56 Å². The number of hydrogen-bond acceptors (Lipinski definition) is 6. The first-order valence-electron chi connectivity index (χ1n) is 6.95. The molecule has 144 valence electrons. The number of sulfone groups is 2. The van der Waals surface area contributed by atoms with Crippen LogP contribution in [-0.2, 0) is 25.2 Å². The normalized spacial score (nSPS) is 20.2. The monoisotopic (exact) mass is 410 g/mol. The lowest BCUT2D eigenvalue weighted by Gasteiger charge is -2.31. The molecule has 0 saturated heterocycles. The zero-order chi connectivity index (χ0) is 20.2. The van der Waals surface area contributed by atoms with E-state index < -0.39 is 42.9 Å². The van der Waals surface area contributed by atoms with Crippen LogP contribution in [0, 0.1) is 0 Å². The summed E-state index contributed by atoms with van der Waals surface area (Å²) in [4.78, 5) is 0. The van der Waals surface area contributed by atoms with E-state index in [1.807, 2.05) is 5.43 Å². The lowest BCUT2D eigenvalue weighted by Crippen LogP contribution is -2.50. The number of nitrogens with one attached hydrogen (secondary N) is 1. The molecule has 1 aliphatic heterocycles. The predicted octanol–water partition coefficient (Wildman–Crippen LogP) is 2.48. The molecule has 1 heterocycles. The Morgan fingerprint density at radius 3 is 1.92 bits per heavy atom. The summed E-state index contributed by atoms with van der Waals surface area (Å²) in [5.41, 5.74) is -0.578. The smallest absolute Gasteiger partial charge is 0.289 e. The standard InChI is InChI=1S/C11H11F3N2O2S.C4H6O2S/c1-19(17,18)9-7-10(16-15-9,11(12,13)14)8-5-3-2-4-6-8;1-3-7(5,6)4-2/h2-6,16H,7H2,1H3;3-4H,1-2H2. The van der Waals surface area contributed by atoms with Crippen LogP contribution in [0.5, 0.6) is 0 Å². The molecule has 0 radical (unpaired) electrons. The first kappa shape index (κ1) is 21.9. The Hall–Kier alpha value is -2.14. The van der Waals surface area contributed by atoms with E-state index in [1.54, 1.807) is 6.07 Å². The van der Waals surface area contributed by atoms with Crippen molar-refractivity contribution in [3.05, 3.63) is 59.9 Å². The van der Waals surface area contributed by atoms with E-state index in [2.05, 4.69) is 18.3 Å². The summed E-state index contributed by atoms with van der Waals surface area (Å²) in [6.07, 6.45) is -4.56. The second-order valence-electron chi connectivity index (χ2n) is 5.26. The number of hydrazone groups is 1. The van der Waals surface area contributed by atoms with Gasteiger partial charge >= 0.3 is 6.18 Å². The second-order valence-corrected chi connectivity index (χ2v) is 9.12. The molecule has 1 unspecified atom stereocenters. The van der Waals surface area contributed by atoms with Crippen LogP contribution < -0.4 is 5.43 Å². The maximum atomic E-state index is 13.3. The van der Waals surface area contributed by atoms with Crippen LogP contribution >= 0.6 is 0 Å². The van der Waals surface area contributed by atoms with Gasteiger partial charge in [-0.3, -0.25) is 5.43 Å². The molecule has 0 aliphatic carbocycles. The van der Waals surface area contributed by atoms with Gasteiger partial charge in [0.2, 0.25) is 0 Å². The summed E-state index contributed by atoms with van der Waals surface area (Å²) in [5.74, 6) is 0. The van der Waals surface area contributed by atoms with Gasteiger partial charge in [-0.2, -0.15) is 18.3 Å². The third kappa shape index (κ3) is 4.94. The highest BCUT2D eigenvalue weighted by Gasteiger charge is 2.60. The number of nitrogens with zero attached hydrogens (tertiary/aromatic N) is 1. The number of benzene rings is 1. The molecular formula is C15H17F3N2O4S2. The molecule has 0 spiro atoms. The van der Waals surface area contributed by atoms with Crippen molar-refractivity contribution in [1.82, 2.24) is 5.43 Å². The van der Waals surface area contributed by atoms with Crippen molar-refractivity contribution < 1.29 is 30.0 Å². The van der Waals surface area contributed by atoms with Gasteiger partial charge < -0.3 is 0 Å². The van der Waals surface area contributed by atoms with Gasteiger partial charge in [0.15, 0.2) is 30.3 Å². The molecule has 2 rings (SSSR count). The molecule has 1 N–H and O–H groups in total. The van der Waals surface area contributed by atoms with Gasteiger partial charge in [0.1, 0.15) is 0 Å². The van der Waals surface area contributed by atoms with Crippen molar-refractivity contribution in [2.45, 2.75) is 18.1 Å². The van der Waals surface area contributed by atoms with Gasteiger partial charge in [-0.05, 0) is 5.56 Å². The lowest BCUT2D eigenvalue weighted by atomic mass is 9.87. The Morgan fingerprint density at radius 2 is 1.62 bits per heavy atom. The van der Waals surface area contributed by atoms with E-state index in [4.69, 9.17) is 0 Å². The minimum atomic E-state index is -4.66. The molecule has 1 aromatic rings. The molecule has 26 heavy (non-hydrogen) atoms. The molecular weight excluding hydrogens is 393 g/mol. The lowest BCUT2D eigenvalue weighted by molar-refractivity contribution is -0.196.